The lowest BCUT2D eigenvalue weighted by molar-refractivity contribution is -0.128. The van der Waals surface area contributed by atoms with Gasteiger partial charge < -0.3 is 25.1 Å². The Kier molecular flexibility index (Phi) is 92.7. The average molecular weight is 713 g/mol. The van der Waals surface area contributed by atoms with Gasteiger partial charge in [0.15, 0.2) is 0 Å². The fourth-order valence-electron chi connectivity index (χ4n) is 1.09. The van der Waals surface area contributed by atoms with E-state index >= 15 is 0 Å². The van der Waals surface area contributed by atoms with Crippen molar-refractivity contribution < 1.29 is 24.0 Å². The van der Waals surface area contributed by atoms with E-state index < -0.39 is 0 Å². The summed E-state index contributed by atoms with van der Waals surface area (Å²) in [5, 5.41) is 13.5. The maximum absolute atomic E-state index is 10.5. The molecule has 15 heteroatoms. The Labute approximate surface area is 303 Å². The van der Waals surface area contributed by atoms with E-state index in [0.29, 0.717) is 0 Å². The molecular formula is C34H84N10O5. The number of aliphatic imine (C=N–C) groups is 1. The van der Waals surface area contributed by atoms with Crippen LogP contribution in [0.3, 0.4) is 0 Å². The molecule has 49 heavy (non-hydrogen) atoms. The zero-order chi connectivity index (χ0) is 40.5. The Hall–Kier alpha value is -3.40. The van der Waals surface area contributed by atoms with E-state index in [1.807, 2.05) is 69.5 Å². The highest BCUT2D eigenvalue weighted by atomic mass is 16.2. The molecule has 0 fully saturated rings. The molecule has 300 valence electrons. The second-order valence-corrected chi connectivity index (χ2v) is 10.6. The number of hydrogen-bond acceptors (Lipinski definition) is 13. The van der Waals surface area contributed by atoms with E-state index in [-0.39, 0.29) is 44.0 Å². The number of carbonyl (C=O) groups excluding carboxylic acids is 5. The minimum Gasteiger partial charge on any atom is -0.331 e. The number of Topliss-reactive ketones (excluding diaryl/α,β-unsaturated/α-hetero) is 3. The first-order valence-electron chi connectivity index (χ1n) is 14.9. The van der Waals surface area contributed by atoms with E-state index in [9.17, 15) is 24.0 Å². The summed E-state index contributed by atoms with van der Waals surface area (Å²) in [5.41, 5.74) is 7.98. The summed E-state index contributed by atoms with van der Waals surface area (Å²) in [4.78, 5) is 52.8. The van der Waals surface area contributed by atoms with E-state index in [4.69, 9.17) is 17.4 Å². The third-order valence-electron chi connectivity index (χ3n) is 2.18. The van der Waals surface area contributed by atoms with Crippen LogP contribution in [0.15, 0.2) is 15.2 Å². The molecule has 0 aromatic carbocycles. The molecule has 0 atom stereocenters. The molecular weight excluding hydrogens is 628 g/mol. The Balaban J connectivity index is -0.0000000374. The largest absolute Gasteiger partial charge is 0.331 e. The quantitative estimate of drug-likeness (QED) is 0.153. The molecule has 2 amide bonds. The first-order chi connectivity index (χ1) is 20.9. The van der Waals surface area contributed by atoms with Crippen molar-refractivity contribution in [2.75, 3.05) is 55.4 Å². The van der Waals surface area contributed by atoms with Crippen LogP contribution in [0.5, 0.6) is 0 Å². The summed E-state index contributed by atoms with van der Waals surface area (Å²) < 4.78 is 0. The first kappa shape index (κ1) is 75.8. The van der Waals surface area contributed by atoms with Gasteiger partial charge in [-0.15, -0.1) is 0 Å². The standard InChI is InChI=1S/C6H12N2O.C5H12N2.C5H11N.C3H8N2O.3C3H6O.C2H8N2.C2H7N.2CH4/c1-5(2)7-8(4)6(3)9;1-5(2)6-7(3)4;1-4-6-5(2)3;1-3(6)5(2)4;3*1-3(2)4;1-4(2)3;1-2-3;;/h1-4H3;1-4H3;4H2,1-3H3;4H2,1-2H3;3*1-2H3;3H2,1-2H3;2-3H2,1H3;2*1H4. The van der Waals surface area contributed by atoms with Gasteiger partial charge in [0.2, 0.25) is 11.8 Å². The van der Waals surface area contributed by atoms with Gasteiger partial charge in [-0.3, -0.25) is 30.4 Å². The van der Waals surface area contributed by atoms with Crippen LogP contribution in [0.1, 0.15) is 126 Å². The SMILES string of the molecule is C.C.CC(=O)N(C)N.CC(=O)N(C)N=C(C)C.CC(C)=NN(C)C.CC(C)=O.CC(C)=O.CC(C)=O.CCN.CCN=C(C)C.CN(C)N. The summed E-state index contributed by atoms with van der Waals surface area (Å²) in [7, 11) is 10.5. The van der Waals surface area contributed by atoms with Crippen LogP contribution in [0.4, 0.5) is 0 Å². The van der Waals surface area contributed by atoms with Gasteiger partial charge in [0.25, 0.3) is 0 Å². The maximum Gasteiger partial charge on any atom is 0.239 e. The normalized spacial score (nSPS) is 7.31. The third kappa shape index (κ3) is 333. The van der Waals surface area contributed by atoms with Crippen molar-refractivity contribution in [1.82, 2.24) is 20.0 Å². The van der Waals surface area contributed by atoms with Gasteiger partial charge in [-0.1, -0.05) is 21.8 Å². The maximum atomic E-state index is 10.5. The van der Waals surface area contributed by atoms with Crippen molar-refractivity contribution in [3.63, 3.8) is 0 Å². The van der Waals surface area contributed by atoms with Crippen LogP contribution >= 0.6 is 0 Å². The molecule has 0 aromatic rings. The fourth-order valence-corrected chi connectivity index (χ4v) is 1.09. The van der Waals surface area contributed by atoms with E-state index in [0.717, 1.165) is 35.2 Å². The summed E-state index contributed by atoms with van der Waals surface area (Å²) in [6.07, 6.45) is 0. The Morgan fingerprint density at radius 1 is 0.510 bits per heavy atom. The van der Waals surface area contributed by atoms with Crippen molar-refractivity contribution >= 4 is 46.3 Å². The Morgan fingerprint density at radius 2 is 0.714 bits per heavy atom. The van der Waals surface area contributed by atoms with E-state index in [1.165, 1.54) is 72.5 Å². The molecule has 0 unspecified atom stereocenters. The molecule has 0 heterocycles. The molecule has 0 aliphatic heterocycles. The molecule has 0 radical (unpaired) electrons. The lowest BCUT2D eigenvalue weighted by Gasteiger charge is -2.06. The number of hydrazine groups is 2. The van der Waals surface area contributed by atoms with Crippen molar-refractivity contribution in [3.05, 3.63) is 0 Å². The number of rotatable bonds is 3. The Morgan fingerprint density at radius 3 is 0.735 bits per heavy atom. The summed E-state index contributed by atoms with van der Waals surface area (Å²) >= 11 is 0. The molecule has 0 rings (SSSR count). The first-order valence-corrected chi connectivity index (χ1v) is 14.9. The van der Waals surface area contributed by atoms with Crippen molar-refractivity contribution in [2.24, 2.45) is 32.6 Å². The number of ketones is 3. The highest BCUT2D eigenvalue weighted by molar-refractivity contribution is 5.81. The van der Waals surface area contributed by atoms with Gasteiger partial charge in [0.05, 0.1) is 0 Å². The van der Waals surface area contributed by atoms with Crippen LogP contribution < -0.4 is 17.4 Å². The third-order valence-corrected chi connectivity index (χ3v) is 2.18. The molecule has 0 aliphatic rings. The zero-order valence-corrected chi connectivity index (χ0v) is 34.3. The lowest BCUT2D eigenvalue weighted by Crippen LogP contribution is -2.30. The fraction of sp³-hybridized carbons (Fsp3) is 0.765. The van der Waals surface area contributed by atoms with Gasteiger partial charge in [0.1, 0.15) is 17.3 Å². The van der Waals surface area contributed by atoms with Crippen LogP contribution in [-0.2, 0) is 24.0 Å². The zero-order valence-electron chi connectivity index (χ0n) is 34.3. The number of hydrazone groups is 2. The molecule has 0 spiro atoms. The molecule has 15 nitrogen and oxygen atoms in total. The number of amides is 2. The van der Waals surface area contributed by atoms with Gasteiger partial charge in [0, 0.05) is 79.8 Å². The van der Waals surface area contributed by atoms with E-state index in [2.05, 4.69) is 15.2 Å². The number of nitrogens with zero attached hydrogens (tertiary/aromatic N) is 7. The molecule has 0 saturated carbocycles. The highest BCUT2D eigenvalue weighted by Gasteiger charge is 1.96. The van der Waals surface area contributed by atoms with Crippen LogP contribution in [-0.4, -0.2) is 122 Å². The number of nitrogens with two attached hydrogens (primary N) is 3. The van der Waals surface area contributed by atoms with Gasteiger partial charge in [-0.25, -0.2) is 10.9 Å². The molecule has 0 saturated heterocycles. The molecule has 0 aromatic heterocycles. The van der Waals surface area contributed by atoms with Crippen molar-refractivity contribution in [2.45, 2.75) is 126 Å². The van der Waals surface area contributed by atoms with Gasteiger partial charge in [-0.2, -0.15) is 10.2 Å². The van der Waals surface area contributed by atoms with E-state index in [1.54, 1.807) is 26.2 Å². The van der Waals surface area contributed by atoms with Crippen LogP contribution in [0.2, 0.25) is 0 Å². The molecule has 6 N–H and O–H groups in total. The summed E-state index contributed by atoms with van der Waals surface area (Å²) in [6, 6.07) is 0. The lowest BCUT2D eigenvalue weighted by atomic mass is 10.5. The minimum atomic E-state index is -0.130. The summed E-state index contributed by atoms with van der Waals surface area (Å²) in [6.45, 7) is 29.3. The van der Waals surface area contributed by atoms with Crippen LogP contribution in [0, 0.1) is 0 Å². The highest BCUT2D eigenvalue weighted by Crippen LogP contribution is 1.85. The minimum absolute atomic E-state index is 0. The number of carbonyl (C=O) groups is 5. The van der Waals surface area contributed by atoms with Crippen molar-refractivity contribution in [1.29, 1.82) is 0 Å². The second-order valence-electron chi connectivity index (χ2n) is 10.6. The molecule has 0 bridgehead atoms. The predicted octanol–water partition coefficient (Wildman–Crippen LogP) is 5.07. The summed E-state index contributed by atoms with van der Waals surface area (Å²) in [5.74, 6) is 10.2. The predicted molar refractivity (Wildman–Crippen MR) is 217 cm³/mol. The monoisotopic (exact) mass is 713 g/mol. The van der Waals surface area contributed by atoms with Gasteiger partial charge >= 0.3 is 0 Å². The second kappa shape index (κ2) is 60.0. The topological polar surface area (TPSA) is 213 Å². The van der Waals surface area contributed by atoms with Crippen molar-refractivity contribution in [3.8, 4) is 0 Å². The van der Waals surface area contributed by atoms with Crippen LogP contribution in [0.25, 0.3) is 0 Å². The molecule has 0 aliphatic carbocycles. The smallest absolute Gasteiger partial charge is 0.239 e. The average Bonchev–Trinajstić information content (AvgIpc) is 2.77. The Bertz CT molecular complexity index is 786. The van der Waals surface area contributed by atoms with Gasteiger partial charge in [-0.05, 0) is 96.6 Å². The number of hydrogen-bond donors (Lipinski definition) is 3.